The predicted molar refractivity (Wildman–Crippen MR) is 231 cm³/mol. The molecule has 0 spiro atoms. The highest BCUT2D eigenvalue weighted by Gasteiger charge is 2.13. The van der Waals surface area contributed by atoms with Crippen LogP contribution in [0.1, 0.15) is 206 Å². The molecule has 6 N–H and O–H groups in total. The highest BCUT2D eigenvalue weighted by Crippen LogP contribution is 2.13. The maximum atomic E-state index is 10.3. The van der Waals surface area contributed by atoms with Crippen LogP contribution < -0.4 is 11.5 Å². The van der Waals surface area contributed by atoms with E-state index in [-0.39, 0.29) is 0 Å². The van der Waals surface area contributed by atoms with Crippen LogP contribution in [0.2, 0.25) is 0 Å². The van der Waals surface area contributed by atoms with Gasteiger partial charge in [-0.25, -0.2) is 0 Å². The van der Waals surface area contributed by atoms with Crippen LogP contribution in [0.4, 0.5) is 0 Å². The highest BCUT2D eigenvalue weighted by molar-refractivity contribution is 4.82. The Kier molecular flexibility index (Phi) is 42.3. The zero-order valence-corrected chi connectivity index (χ0v) is 35.3. The Morgan fingerprint density at radius 1 is 0.365 bits per heavy atom. The molecule has 0 aromatic heterocycles. The Hall–Kier alpha value is -0.760. The lowest BCUT2D eigenvalue weighted by Crippen LogP contribution is -2.39. The molecule has 0 aliphatic rings. The van der Waals surface area contributed by atoms with Crippen molar-refractivity contribution >= 4 is 0 Å². The van der Waals surface area contributed by atoms with Crippen molar-refractivity contribution in [1.82, 2.24) is 9.80 Å². The summed E-state index contributed by atoms with van der Waals surface area (Å²) in [7, 11) is 0. The van der Waals surface area contributed by atoms with Crippen molar-refractivity contribution in [3.8, 4) is 0 Å². The van der Waals surface area contributed by atoms with Crippen molar-refractivity contribution in [2.45, 2.75) is 219 Å². The van der Waals surface area contributed by atoms with Gasteiger partial charge in [-0.1, -0.05) is 154 Å². The number of aliphatic hydroxyl groups is 2. The van der Waals surface area contributed by atoms with E-state index < -0.39 is 12.2 Å². The average molecular weight is 735 g/mol. The van der Waals surface area contributed by atoms with E-state index in [0.717, 1.165) is 39.0 Å². The largest absolute Gasteiger partial charge is 0.390 e. The third kappa shape index (κ3) is 38.9. The Morgan fingerprint density at radius 3 is 0.865 bits per heavy atom. The molecule has 0 amide bonds. The minimum absolute atomic E-state index is 0.324. The molecule has 0 heterocycles. The van der Waals surface area contributed by atoms with E-state index in [4.69, 9.17) is 11.5 Å². The first-order valence-electron chi connectivity index (χ1n) is 23.1. The van der Waals surface area contributed by atoms with E-state index in [0.29, 0.717) is 26.2 Å². The zero-order valence-electron chi connectivity index (χ0n) is 35.3. The Balaban J connectivity index is 4.08. The van der Waals surface area contributed by atoms with Crippen LogP contribution in [-0.4, -0.2) is 84.6 Å². The molecular weight excluding hydrogens is 641 g/mol. The number of hydrogen-bond acceptors (Lipinski definition) is 6. The van der Waals surface area contributed by atoms with Crippen LogP contribution in [0.5, 0.6) is 0 Å². The summed E-state index contributed by atoms with van der Waals surface area (Å²) in [5.74, 6) is 0. The maximum Gasteiger partial charge on any atom is 0.0789 e. The van der Waals surface area contributed by atoms with Gasteiger partial charge < -0.3 is 31.5 Å². The fraction of sp³-hybridized carbons (Fsp3) is 0.913. The average Bonchev–Trinajstić information content (AvgIpc) is 3.15. The molecule has 0 saturated carbocycles. The van der Waals surface area contributed by atoms with Gasteiger partial charge in [-0.2, -0.15) is 0 Å². The van der Waals surface area contributed by atoms with Gasteiger partial charge in [-0.15, -0.1) is 0 Å². The minimum atomic E-state index is -0.448. The molecule has 52 heavy (non-hydrogen) atoms. The first-order chi connectivity index (χ1) is 25.6. The van der Waals surface area contributed by atoms with Crippen LogP contribution >= 0.6 is 0 Å². The van der Waals surface area contributed by atoms with Crippen LogP contribution in [-0.2, 0) is 0 Å². The van der Waals surface area contributed by atoms with Gasteiger partial charge in [-0.3, -0.25) is 0 Å². The normalized spacial score (nSPS) is 13.5. The Bertz CT molecular complexity index is 673. The van der Waals surface area contributed by atoms with Crippen molar-refractivity contribution in [2.75, 3.05) is 52.4 Å². The summed E-state index contributed by atoms with van der Waals surface area (Å²) in [4.78, 5) is 4.85. The van der Waals surface area contributed by atoms with Crippen LogP contribution in [0, 0.1) is 0 Å². The molecule has 2 atom stereocenters. The fourth-order valence-electron chi connectivity index (χ4n) is 7.17. The molecule has 2 unspecified atom stereocenters. The summed E-state index contributed by atoms with van der Waals surface area (Å²) in [5.41, 5.74) is 11.5. The van der Waals surface area contributed by atoms with Crippen LogP contribution in [0.25, 0.3) is 0 Å². The SMILES string of the molecule is CCCCCCCC/C=C\CCCCCCCCN(CCCCN(CCCCCCCC/C=C\CCCCCCCC)CC(O)CN)CC(O)CN. The lowest BCUT2D eigenvalue weighted by Gasteiger charge is -2.27. The summed E-state index contributed by atoms with van der Waals surface area (Å²) >= 11 is 0. The third-order valence-corrected chi connectivity index (χ3v) is 10.7. The van der Waals surface area contributed by atoms with Gasteiger partial charge >= 0.3 is 0 Å². The summed E-state index contributed by atoms with van der Waals surface area (Å²) in [5, 5.41) is 20.6. The molecule has 0 aromatic carbocycles. The smallest absolute Gasteiger partial charge is 0.0789 e. The van der Waals surface area contributed by atoms with Gasteiger partial charge in [-0.05, 0) is 103 Å². The zero-order chi connectivity index (χ0) is 38.0. The molecule has 0 rings (SSSR count). The predicted octanol–water partition coefficient (Wildman–Crippen LogP) is 11.1. The summed E-state index contributed by atoms with van der Waals surface area (Å²) < 4.78 is 0. The molecule has 0 radical (unpaired) electrons. The molecule has 0 saturated heterocycles. The van der Waals surface area contributed by atoms with E-state index in [1.807, 2.05) is 0 Å². The third-order valence-electron chi connectivity index (χ3n) is 10.7. The van der Waals surface area contributed by atoms with Gasteiger partial charge in [0.05, 0.1) is 12.2 Å². The number of rotatable bonds is 43. The molecule has 0 aliphatic heterocycles. The number of allylic oxidation sites excluding steroid dienone is 4. The van der Waals surface area contributed by atoms with E-state index in [1.165, 1.54) is 180 Å². The Labute approximate surface area is 326 Å². The van der Waals surface area contributed by atoms with Gasteiger partial charge in [0, 0.05) is 26.2 Å². The number of nitrogens with zero attached hydrogens (tertiary/aromatic N) is 2. The second-order valence-corrected chi connectivity index (χ2v) is 16.0. The molecule has 310 valence electrons. The first kappa shape index (κ1) is 51.2. The van der Waals surface area contributed by atoms with Crippen LogP contribution in [0.3, 0.4) is 0 Å². The molecule has 0 aliphatic carbocycles. The number of hydrogen-bond donors (Lipinski definition) is 4. The summed E-state index contributed by atoms with van der Waals surface area (Å²) in [6, 6.07) is 0. The number of unbranched alkanes of at least 4 members (excludes halogenated alkanes) is 25. The van der Waals surface area contributed by atoms with E-state index in [2.05, 4.69) is 48.0 Å². The van der Waals surface area contributed by atoms with Crippen LogP contribution in [0.15, 0.2) is 24.3 Å². The van der Waals surface area contributed by atoms with Gasteiger partial charge in [0.25, 0.3) is 0 Å². The van der Waals surface area contributed by atoms with Crippen molar-refractivity contribution < 1.29 is 10.2 Å². The molecule has 6 heteroatoms. The number of aliphatic hydroxyl groups excluding tert-OH is 2. The molecule has 0 bridgehead atoms. The minimum Gasteiger partial charge on any atom is -0.390 e. The monoisotopic (exact) mass is 735 g/mol. The van der Waals surface area contributed by atoms with Gasteiger partial charge in [0.15, 0.2) is 0 Å². The van der Waals surface area contributed by atoms with Gasteiger partial charge in [0.1, 0.15) is 0 Å². The Morgan fingerprint density at radius 2 is 0.596 bits per heavy atom. The fourth-order valence-corrected chi connectivity index (χ4v) is 7.17. The van der Waals surface area contributed by atoms with E-state index in [1.54, 1.807) is 0 Å². The van der Waals surface area contributed by atoms with E-state index in [9.17, 15) is 10.2 Å². The lowest BCUT2D eigenvalue weighted by molar-refractivity contribution is 0.107. The van der Waals surface area contributed by atoms with Crippen molar-refractivity contribution in [1.29, 1.82) is 0 Å². The quantitative estimate of drug-likeness (QED) is 0.0368. The van der Waals surface area contributed by atoms with Crippen molar-refractivity contribution in [3.05, 3.63) is 24.3 Å². The second-order valence-electron chi connectivity index (χ2n) is 16.0. The maximum absolute atomic E-state index is 10.3. The second kappa shape index (κ2) is 43.0. The number of nitrogens with two attached hydrogens (primary N) is 2. The molecular formula is C46H94N4O2. The lowest BCUT2D eigenvalue weighted by atomic mass is 10.1. The standard InChI is InChI=1S/C46H94N4O2/c1-3-5-7-9-11-13-15-17-19-21-23-25-27-29-31-33-37-49(43-45(51)41-47)39-35-36-40-50(44-46(52)42-48)38-34-32-30-28-26-24-22-20-18-16-14-12-10-8-6-4-2/h17-20,45-46,51-52H,3-16,21-44,47-48H2,1-2H3/b19-17-,20-18-. The van der Waals surface area contributed by atoms with Crippen molar-refractivity contribution in [3.63, 3.8) is 0 Å². The topological polar surface area (TPSA) is 99.0 Å². The molecule has 0 aromatic rings. The summed E-state index contributed by atoms with van der Waals surface area (Å²) in [6.45, 7) is 10.7. The van der Waals surface area contributed by atoms with Crippen molar-refractivity contribution in [2.24, 2.45) is 11.5 Å². The molecule has 6 nitrogen and oxygen atoms in total. The first-order valence-corrected chi connectivity index (χ1v) is 23.1. The van der Waals surface area contributed by atoms with Gasteiger partial charge in [0.2, 0.25) is 0 Å². The highest BCUT2D eigenvalue weighted by atomic mass is 16.3. The molecule has 0 fully saturated rings. The summed E-state index contributed by atoms with van der Waals surface area (Å²) in [6.07, 6.45) is 48.0. The van der Waals surface area contributed by atoms with E-state index >= 15 is 0 Å².